The summed E-state index contributed by atoms with van der Waals surface area (Å²) in [7, 11) is 1.38. The Balaban J connectivity index is 1.25. The molecule has 33 heavy (non-hydrogen) atoms. The summed E-state index contributed by atoms with van der Waals surface area (Å²) in [5, 5.41) is 9.58. The Hall–Kier alpha value is -3.33. The molecule has 2 saturated heterocycles. The molecule has 0 radical (unpaired) electrons. The van der Waals surface area contributed by atoms with Gasteiger partial charge in [0.15, 0.2) is 5.82 Å². The Labute approximate surface area is 196 Å². The number of carbonyl (C=O) groups excluding carboxylic acids is 1. The average molecular weight is 466 g/mol. The number of methoxy groups -OCH3 is 1. The van der Waals surface area contributed by atoms with Gasteiger partial charge in [0.05, 0.1) is 25.9 Å². The first kappa shape index (κ1) is 20.3. The van der Waals surface area contributed by atoms with E-state index in [-0.39, 0.29) is 5.41 Å². The topological polar surface area (TPSA) is 79.6 Å². The van der Waals surface area contributed by atoms with Gasteiger partial charge in [-0.25, -0.2) is 9.78 Å². The van der Waals surface area contributed by atoms with E-state index < -0.39 is 6.09 Å². The van der Waals surface area contributed by atoms with Crippen LogP contribution in [0.5, 0.6) is 0 Å². The van der Waals surface area contributed by atoms with Crippen LogP contribution in [0.25, 0.3) is 5.69 Å². The first-order chi connectivity index (χ1) is 15.9. The number of halogens is 1. The largest absolute Gasteiger partial charge is 0.453 e. The van der Waals surface area contributed by atoms with Crippen molar-refractivity contribution in [3.8, 4) is 5.69 Å². The molecule has 1 aromatic carbocycles. The fourth-order valence-corrected chi connectivity index (χ4v) is 5.38. The van der Waals surface area contributed by atoms with Crippen LogP contribution in [0.2, 0.25) is 5.02 Å². The molecular weight excluding hydrogens is 442 g/mol. The Bertz CT molecular complexity index is 1250. The van der Waals surface area contributed by atoms with Crippen molar-refractivity contribution < 1.29 is 9.53 Å². The van der Waals surface area contributed by atoms with Crippen LogP contribution >= 0.6 is 11.6 Å². The third kappa shape index (κ3) is 3.30. The van der Waals surface area contributed by atoms with Crippen LogP contribution in [0.15, 0.2) is 36.4 Å². The van der Waals surface area contributed by atoms with Crippen molar-refractivity contribution in [1.82, 2.24) is 24.6 Å². The van der Waals surface area contributed by atoms with E-state index in [2.05, 4.69) is 41.7 Å². The van der Waals surface area contributed by atoms with Crippen LogP contribution in [-0.2, 0) is 17.8 Å². The van der Waals surface area contributed by atoms with E-state index in [4.69, 9.17) is 16.3 Å². The van der Waals surface area contributed by atoms with E-state index >= 15 is 0 Å². The molecule has 0 N–H and O–H groups in total. The molecule has 0 saturated carbocycles. The number of hydrogen-bond donors (Lipinski definition) is 0. The van der Waals surface area contributed by atoms with Crippen molar-refractivity contribution >= 4 is 29.5 Å². The molecule has 170 valence electrons. The SMILES string of the molecule is COC(=O)N1Cc2cc(Cl)ccc2-n2c(nnc2N2CC3(CN(c4cccc(C)n4)C3)C2)C1. The van der Waals surface area contributed by atoms with Gasteiger partial charge in [-0.3, -0.25) is 9.47 Å². The van der Waals surface area contributed by atoms with Gasteiger partial charge in [0, 0.05) is 42.3 Å². The smallest absolute Gasteiger partial charge is 0.410 e. The maximum absolute atomic E-state index is 12.3. The number of anilines is 2. The zero-order valence-electron chi connectivity index (χ0n) is 18.5. The molecular formula is C23H24ClN7O2. The lowest BCUT2D eigenvalue weighted by Crippen LogP contribution is -2.73. The van der Waals surface area contributed by atoms with Gasteiger partial charge in [-0.2, -0.15) is 0 Å². The molecule has 1 amide bonds. The van der Waals surface area contributed by atoms with Crippen molar-refractivity contribution in [3.05, 3.63) is 58.5 Å². The highest BCUT2D eigenvalue weighted by Crippen LogP contribution is 2.44. The van der Waals surface area contributed by atoms with Crippen LogP contribution in [0, 0.1) is 12.3 Å². The van der Waals surface area contributed by atoms with Crippen molar-refractivity contribution in [2.75, 3.05) is 43.1 Å². The number of ether oxygens (including phenoxy) is 1. The van der Waals surface area contributed by atoms with Crippen LogP contribution in [-0.4, -0.2) is 64.0 Å². The minimum atomic E-state index is -0.402. The molecule has 0 unspecified atom stereocenters. The number of nitrogens with zero attached hydrogens (tertiary/aromatic N) is 7. The first-order valence-corrected chi connectivity index (χ1v) is 11.3. The molecule has 3 aliphatic rings. The van der Waals surface area contributed by atoms with Crippen LogP contribution in [0.4, 0.5) is 16.6 Å². The van der Waals surface area contributed by atoms with E-state index in [0.29, 0.717) is 23.9 Å². The molecule has 0 bridgehead atoms. The molecule has 2 aromatic heterocycles. The van der Waals surface area contributed by atoms with Crippen molar-refractivity contribution in [1.29, 1.82) is 0 Å². The zero-order valence-corrected chi connectivity index (χ0v) is 19.3. The quantitative estimate of drug-likeness (QED) is 0.575. The molecule has 2 fully saturated rings. The molecule has 0 atom stereocenters. The average Bonchev–Trinajstić information content (AvgIpc) is 3.06. The number of aryl methyl sites for hydroxylation is 1. The zero-order chi connectivity index (χ0) is 22.7. The molecule has 3 aromatic rings. The fourth-order valence-electron chi connectivity index (χ4n) is 5.19. The monoisotopic (exact) mass is 465 g/mol. The lowest BCUT2D eigenvalue weighted by molar-refractivity contribution is 0.117. The van der Waals surface area contributed by atoms with Gasteiger partial charge in [0.25, 0.3) is 0 Å². The van der Waals surface area contributed by atoms with E-state index in [1.54, 1.807) is 4.90 Å². The highest BCUT2D eigenvalue weighted by atomic mass is 35.5. The molecule has 10 heteroatoms. The van der Waals surface area contributed by atoms with Crippen molar-refractivity contribution in [2.45, 2.75) is 20.0 Å². The van der Waals surface area contributed by atoms with Gasteiger partial charge in [-0.15, -0.1) is 10.2 Å². The van der Waals surface area contributed by atoms with Gasteiger partial charge in [0.1, 0.15) is 5.82 Å². The van der Waals surface area contributed by atoms with Crippen molar-refractivity contribution in [2.24, 2.45) is 5.41 Å². The highest BCUT2D eigenvalue weighted by Gasteiger charge is 2.53. The molecule has 0 aliphatic carbocycles. The maximum atomic E-state index is 12.3. The van der Waals surface area contributed by atoms with E-state index in [1.165, 1.54) is 7.11 Å². The number of amides is 1. The summed E-state index contributed by atoms with van der Waals surface area (Å²) in [5.41, 5.74) is 3.17. The molecule has 9 nitrogen and oxygen atoms in total. The van der Waals surface area contributed by atoms with Crippen LogP contribution < -0.4 is 9.80 Å². The Morgan fingerprint density at radius 2 is 1.85 bits per heavy atom. The predicted molar refractivity (Wildman–Crippen MR) is 124 cm³/mol. The lowest BCUT2D eigenvalue weighted by atomic mass is 9.73. The number of benzene rings is 1. The minimum Gasteiger partial charge on any atom is -0.453 e. The first-order valence-electron chi connectivity index (χ1n) is 10.9. The summed E-state index contributed by atoms with van der Waals surface area (Å²) in [6, 6.07) is 11.9. The normalized spacial score (nSPS) is 18.2. The maximum Gasteiger partial charge on any atom is 0.410 e. The summed E-state index contributed by atoms with van der Waals surface area (Å²) in [6.45, 7) is 6.54. The predicted octanol–water partition coefficient (Wildman–Crippen LogP) is 3.03. The van der Waals surface area contributed by atoms with Gasteiger partial charge in [0.2, 0.25) is 5.95 Å². The van der Waals surface area contributed by atoms with E-state index in [9.17, 15) is 4.79 Å². The number of pyridine rings is 1. The summed E-state index contributed by atoms with van der Waals surface area (Å²) in [4.78, 5) is 23.2. The number of fused-ring (bicyclic) bond motifs is 3. The van der Waals surface area contributed by atoms with Crippen LogP contribution in [0.1, 0.15) is 17.1 Å². The third-order valence-electron chi connectivity index (χ3n) is 6.71. The summed E-state index contributed by atoms with van der Waals surface area (Å²) in [6.07, 6.45) is -0.402. The summed E-state index contributed by atoms with van der Waals surface area (Å²) >= 11 is 6.28. The number of aromatic nitrogens is 4. The van der Waals surface area contributed by atoms with Gasteiger partial charge < -0.3 is 14.5 Å². The minimum absolute atomic E-state index is 0.253. The summed E-state index contributed by atoms with van der Waals surface area (Å²) in [5.74, 6) is 2.55. The Morgan fingerprint density at radius 1 is 1.06 bits per heavy atom. The standard InChI is InChI=1S/C23H24ClN7O2/c1-15-4-3-5-19(25-15)29-11-23(12-29)13-30(14-23)21-27-26-20-10-28(22(32)33-2)9-16-8-17(24)6-7-18(16)31(20)21/h3-8H,9-14H2,1-2H3. The molecule has 5 heterocycles. The van der Waals surface area contributed by atoms with Gasteiger partial charge in [-0.05, 0) is 42.8 Å². The Morgan fingerprint density at radius 3 is 2.61 bits per heavy atom. The molecule has 1 spiro atoms. The van der Waals surface area contributed by atoms with Crippen molar-refractivity contribution in [3.63, 3.8) is 0 Å². The van der Waals surface area contributed by atoms with E-state index in [1.807, 2.05) is 31.2 Å². The molecule has 6 rings (SSSR count). The van der Waals surface area contributed by atoms with Crippen LogP contribution in [0.3, 0.4) is 0 Å². The van der Waals surface area contributed by atoms with Gasteiger partial charge in [-0.1, -0.05) is 17.7 Å². The second kappa shape index (κ2) is 7.34. The fraction of sp³-hybridized carbons (Fsp3) is 0.391. The number of rotatable bonds is 2. The number of hydrogen-bond acceptors (Lipinski definition) is 7. The lowest BCUT2D eigenvalue weighted by Gasteiger charge is -2.60. The molecule has 3 aliphatic heterocycles. The second-order valence-electron chi connectivity index (χ2n) is 9.20. The highest BCUT2D eigenvalue weighted by molar-refractivity contribution is 6.30. The van der Waals surface area contributed by atoms with Gasteiger partial charge >= 0.3 is 6.09 Å². The second-order valence-corrected chi connectivity index (χ2v) is 9.64. The van der Waals surface area contributed by atoms with E-state index in [0.717, 1.165) is 54.9 Å². The Kier molecular flexibility index (Phi) is 4.52. The summed E-state index contributed by atoms with van der Waals surface area (Å²) < 4.78 is 7.03. The third-order valence-corrected chi connectivity index (χ3v) is 6.94. The number of carbonyl (C=O) groups is 1.